The van der Waals surface area contributed by atoms with Crippen LogP contribution in [0.3, 0.4) is 0 Å². The maximum absolute atomic E-state index is 11.7. The highest BCUT2D eigenvalue weighted by Crippen LogP contribution is 2.38. The van der Waals surface area contributed by atoms with Crippen molar-refractivity contribution >= 4 is 29.5 Å². The largest absolute Gasteiger partial charge is 0.494 e. The highest BCUT2D eigenvalue weighted by Gasteiger charge is 2.17. The Kier molecular flexibility index (Phi) is 4.97. The van der Waals surface area contributed by atoms with E-state index in [1.54, 1.807) is 24.1 Å². The molecule has 0 radical (unpaired) electrons. The molecule has 2 aromatic heterocycles. The van der Waals surface area contributed by atoms with E-state index in [1.165, 1.54) is 6.07 Å². The molecule has 2 amide bonds. The van der Waals surface area contributed by atoms with Crippen LogP contribution in [0.5, 0.6) is 5.75 Å². The van der Waals surface area contributed by atoms with E-state index in [1.807, 2.05) is 25.2 Å². The van der Waals surface area contributed by atoms with E-state index < -0.39 is 5.91 Å². The number of nitrogens with one attached hydrogen (secondary N) is 2. The maximum Gasteiger partial charge on any atom is 0.271 e. The lowest BCUT2D eigenvalue weighted by Gasteiger charge is -2.16. The second kappa shape index (κ2) is 7.52. The molecule has 0 aliphatic carbocycles. The number of hydrogen-bond donors (Lipinski definition) is 3. The molecule has 27 heavy (non-hydrogen) atoms. The molecule has 0 saturated carbocycles. The van der Waals surface area contributed by atoms with Gasteiger partial charge in [-0.05, 0) is 18.2 Å². The topological polar surface area (TPSA) is 137 Å². The third-order valence-corrected chi connectivity index (χ3v) is 3.82. The van der Waals surface area contributed by atoms with Gasteiger partial charge in [-0.25, -0.2) is 0 Å². The first kappa shape index (κ1) is 17.9. The van der Waals surface area contributed by atoms with E-state index in [0.717, 1.165) is 11.3 Å². The standard InChI is InChI=1S/C17H17N7O3/c1-24-13(6-7-20-24)10-4-3-5-11(16(10)27-2)21-12-8-14(19-9-25)22-23-15(12)17(18)26/h3-9H,1-2H3,(H2,18,26)(H2,19,21,22,25). The van der Waals surface area contributed by atoms with Crippen molar-refractivity contribution in [2.75, 3.05) is 17.7 Å². The first-order chi connectivity index (χ1) is 13.0. The number of nitrogens with two attached hydrogens (primary N) is 1. The summed E-state index contributed by atoms with van der Waals surface area (Å²) in [5.74, 6) is -0.0538. The minimum Gasteiger partial charge on any atom is -0.494 e. The zero-order valence-corrected chi connectivity index (χ0v) is 14.6. The number of methoxy groups -OCH3 is 1. The van der Waals surface area contributed by atoms with Crippen molar-refractivity contribution < 1.29 is 14.3 Å². The molecule has 10 nitrogen and oxygen atoms in total. The van der Waals surface area contributed by atoms with Crippen LogP contribution >= 0.6 is 0 Å². The molecular formula is C17H17N7O3. The number of amides is 2. The van der Waals surface area contributed by atoms with Crippen molar-refractivity contribution in [3.63, 3.8) is 0 Å². The predicted molar refractivity (Wildman–Crippen MR) is 98.7 cm³/mol. The number of para-hydroxylation sites is 1. The van der Waals surface area contributed by atoms with E-state index in [9.17, 15) is 9.59 Å². The van der Waals surface area contributed by atoms with E-state index >= 15 is 0 Å². The van der Waals surface area contributed by atoms with Gasteiger partial charge in [0.05, 0.1) is 24.2 Å². The van der Waals surface area contributed by atoms with Crippen LogP contribution in [0.25, 0.3) is 11.3 Å². The summed E-state index contributed by atoms with van der Waals surface area (Å²) >= 11 is 0. The van der Waals surface area contributed by atoms with Crippen molar-refractivity contribution in [3.05, 3.63) is 42.2 Å². The van der Waals surface area contributed by atoms with Gasteiger partial charge in [-0.15, -0.1) is 10.2 Å². The first-order valence-corrected chi connectivity index (χ1v) is 7.85. The Morgan fingerprint density at radius 3 is 2.70 bits per heavy atom. The molecule has 0 fully saturated rings. The van der Waals surface area contributed by atoms with E-state index in [4.69, 9.17) is 10.5 Å². The average molecular weight is 367 g/mol. The highest BCUT2D eigenvalue weighted by atomic mass is 16.5. The van der Waals surface area contributed by atoms with Gasteiger partial charge < -0.3 is 21.1 Å². The molecule has 0 saturated heterocycles. The summed E-state index contributed by atoms with van der Waals surface area (Å²) < 4.78 is 7.30. The molecular weight excluding hydrogens is 350 g/mol. The van der Waals surface area contributed by atoms with E-state index in [2.05, 4.69) is 25.9 Å². The van der Waals surface area contributed by atoms with Crippen LogP contribution in [0, 0.1) is 0 Å². The lowest BCUT2D eigenvalue weighted by molar-refractivity contribution is -0.105. The van der Waals surface area contributed by atoms with Gasteiger partial charge in [-0.1, -0.05) is 6.07 Å². The molecule has 0 unspecified atom stereocenters. The highest BCUT2D eigenvalue weighted by molar-refractivity contribution is 5.98. The van der Waals surface area contributed by atoms with Crippen molar-refractivity contribution in [1.29, 1.82) is 0 Å². The van der Waals surface area contributed by atoms with Crippen LogP contribution in [0.2, 0.25) is 0 Å². The second-order valence-electron chi connectivity index (χ2n) is 5.47. The summed E-state index contributed by atoms with van der Waals surface area (Å²) in [5, 5.41) is 17.1. The minimum atomic E-state index is -0.760. The summed E-state index contributed by atoms with van der Waals surface area (Å²) in [5.41, 5.74) is 7.81. The number of carbonyl (C=O) groups is 2. The molecule has 0 aliphatic heterocycles. The predicted octanol–water partition coefficient (Wildman–Crippen LogP) is 1.30. The summed E-state index contributed by atoms with van der Waals surface area (Å²) in [4.78, 5) is 22.3. The lowest BCUT2D eigenvalue weighted by Crippen LogP contribution is -2.17. The molecule has 3 aromatic rings. The maximum atomic E-state index is 11.7. The third kappa shape index (κ3) is 3.54. The number of aromatic nitrogens is 4. The Balaban J connectivity index is 2.08. The van der Waals surface area contributed by atoms with Gasteiger partial charge in [0.25, 0.3) is 5.91 Å². The van der Waals surface area contributed by atoms with Crippen molar-refractivity contribution in [3.8, 4) is 17.0 Å². The van der Waals surface area contributed by atoms with Gasteiger partial charge in [0, 0.05) is 24.9 Å². The third-order valence-electron chi connectivity index (χ3n) is 3.82. The zero-order valence-electron chi connectivity index (χ0n) is 14.6. The van der Waals surface area contributed by atoms with E-state index in [-0.39, 0.29) is 17.2 Å². The number of anilines is 3. The molecule has 0 atom stereocenters. The second-order valence-corrected chi connectivity index (χ2v) is 5.47. The van der Waals surface area contributed by atoms with Gasteiger partial charge in [0.15, 0.2) is 17.3 Å². The molecule has 3 rings (SSSR count). The Hall–Kier alpha value is -3.95. The minimum absolute atomic E-state index is 0.0700. The van der Waals surface area contributed by atoms with Crippen LogP contribution in [0.1, 0.15) is 10.5 Å². The number of carbonyl (C=O) groups excluding carboxylic acids is 2. The summed E-state index contributed by atoms with van der Waals surface area (Å²) in [7, 11) is 3.36. The fraction of sp³-hybridized carbons (Fsp3) is 0.118. The van der Waals surface area contributed by atoms with Crippen molar-refractivity contribution in [1.82, 2.24) is 20.0 Å². The zero-order chi connectivity index (χ0) is 19.4. The van der Waals surface area contributed by atoms with Gasteiger partial charge in [0.2, 0.25) is 6.41 Å². The summed E-state index contributed by atoms with van der Waals surface area (Å²) in [6.07, 6.45) is 2.14. The number of rotatable bonds is 7. The SMILES string of the molecule is COc1c(Nc2cc(NC=O)nnc2C(N)=O)cccc1-c1ccnn1C. The molecule has 138 valence electrons. The van der Waals surface area contributed by atoms with E-state index in [0.29, 0.717) is 17.8 Å². The molecule has 0 bridgehead atoms. The van der Waals surface area contributed by atoms with Crippen LogP contribution in [-0.2, 0) is 11.8 Å². The summed E-state index contributed by atoms with van der Waals surface area (Å²) in [6.45, 7) is 0. The number of primary amides is 1. The number of aryl methyl sites for hydroxylation is 1. The Labute approximate surface area is 154 Å². The molecule has 4 N–H and O–H groups in total. The normalized spacial score (nSPS) is 10.3. The fourth-order valence-electron chi connectivity index (χ4n) is 2.64. The first-order valence-electron chi connectivity index (χ1n) is 7.85. The Morgan fingerprint density at radius 2 is 2.07 bits per heavy atom. The van der Waals surface area contributed by atoms with Crippen molar-refractivity contribution in [2.45, 2.75) is 0 Å². The van der Waals surface area contributed by atoms with Crippen LogP contribution < -0.4 is 21.1 Å². The number of hydrogen-bond acceptors (Lipinski definition) is 7. The monoisotopic (exact) mass is 367 g/mol. The van der Waals surface area contributed by atoms with Gasteiger partial charge in [0.1, 0.15) is 0 Å². The van der Waals surface area contributed by atoms with Crippen LogP contribution in [-0.4, -0.2) is 39.4 Å². The van der Waals surface area contributed by atoms with Crippen LogP contribution in [0.15, 0.2) is 36.5 Å². The quantitative estimate of drug-likeness (QED) is 0.535. The molecule has 0 spiro atoms. The molecule has 1 aromatic carbocycles. The van der Waals surface area contributed by atoms with Gasteiger partial charge in [-0.2, -0.15) is 5.10 Å². The number of nitrogens with zero attached hydrogens (tertiary/aromatic N) is 4. The fourth-order valence-corrected chi connectivity index (χ4v) is 2.64. The molecule has 10 heteroatoms. The molecule has 0 aliphatic rings. The molecule has 2 heterocycles. The Morgan fingerprint density at radius 1 is 1.26 bits per heavy atom. The van der Waals surface area contributed by atoms with Crippen LogP contribution in [0.4, 0.5) is 17.2 Å². The summed E-state index contributed by atoms with van der Waals surface area (Å²) in [6, 6.07) is 8.81. The average Bonchev–Trinajstić information content (AvgIpc) is 3.07. The van der Waals surface area contributed by atoms with Gasteiger partial charge >= 0.3 is 0 Å². The number of benzene rings is 1. The van der Waals surface area contributed by atoms with Crippen molar-refractivity contribution in [2.24, 2.45) is 12.8 Å². The number of ether oxygens (including phenoxy) is 1. The van der Waals surface area contributed by atoms with Gasteiger partial charge in [-0.3, -0.25) is 14.3 Å². The lowest BCUT2D eigenvalue weighted by atomic mass is 10.1. The Bertz CT molecular complexity index is 1000. The smallest absolute Gasteiger partial charge is 0.271 e.